The molecule has 0 atom stereocenters. The number of aromatic carboxylic acids is 1. The van der Waals surface area contributed by atoms with Crippen LogP contribution in [0.5, 0.6) is 17.2 Å². The molecule has 0 heterocycles. The summed E-state index contributed by atoms with van der Waals surface area (Å²) in [5, 5.41) is 15.0. The molecule has 0 unspecified atom stereocenters. The van der Waals surface area contributed by atoms with E-state index in [-0.39, 0.29) is 28.9 Å². The van der Waals surface area contributed by atoms with Crippen molar-refractivity contribution < 1.29 is 33.7 Å². The second kappa shape index (κ2) is 15.6. The van der Waals surface area contributed by atoms with Gasteiger partial charge in [0.25, 0.3) is 11.8 Å². The molecule has 0 aliphatic heterocycles. The van der Waals surface area contributed by atoms with E-state index in [1.54, 1.807) is 50.2 Å². The molecule has 11 heteroatoms. The van der Waals surface area contributed by atoms with Gasteiger partial charge in [0.15, 0.2) is 0 Å². The van der Waals surface area contributed by atoms with Crippen LogP contribution in [0.2, 0.25) is 0 Å². The van der Waals surface area contributed by atoms with E-state index in [0.717, 1.165) is 13.0 Å². The van der Waals surface area contributed by atoms with Gasteiger partial charge in [-0.05, 0) is 94.9 Å². The minimum absolute atomic E-state index is 0.0341. The first-order valence-electron chi connectivity index (χ1n) is 14.4. The van der Waals surface area contributed by atoms with Crippen LogP contribution in [-0.4, -0.2) is 67.7 Å². The Morgan fingerprint density at radius 3 is 1.91 bits per heavy atom. The molecule has 2 amide bonds. The third kappa shape index (κ3) is 9.91. The number of nitrogens with two attached hydrogens (primary N) is 1. The predicted octanol–water partition coefficient (Wildman–Crippen LogP) is 5.62. The lowest BCUT2D eigenvalue weighted by molar-refractivity contribution is 0.0695. The number of hydrogen-bond donors (Lipinski definition) is 4. The van der Waals surface area contributed by atoms with Crippen molar-refractivity contribution in [2.75, 3.05) is 50.2 Å². The number of nitrogens with zero attached hydrogens (tertiary/aromatic N) is 1. The topological polar surface area (TPSA) is 152 Å². The Morgan fingerprint density at radius 1 is 0.795 bits per heavy atom. The van der Waals surface area contributed by atoms with Crippen molar-refractivity contribution in [3.8, 4) is 17.2 Å². The molecule has 44 heavy (non-hydrogen) atoms. The number of nitrogen functional groups attached to an aromatic ring is 1. The van der Waals surface area contributed by atoms with Crippen molar-refractivity contribution in [3.05, 3.63) is 71.3 Å². The smallest absolute Gasteiger partial charge is 0.335 e. The van der Waals surface area contributed by atoms with Gasteiger partial charge < -0.3 is 40.6 Å². The first-order valence-corrected chi connectivity index (χ1v) is 14.4. The molecule has 0 fully saturated rings. The van der Waals surface area contributed by atoms with Crippen LogP contribution < -0.4 is 30.6 Å². The van der Waals surface area contributed by atoms with Crippen LogP contribution in [0.1, 0.15) is 65.2 Å². The number of ether oxygens (including phenoxy) is 3. The molecular formula is C33H42N4O7. The molecule has 0 saturated heterocycles. The van der Waals surface area contributed by atoms with Crippen molar-refractivity contribution in [2.24, 2.45) is 5.92 Å². The normalized spacial score (nSPS) is 11.0. The maximum absolute atomic E-state index is 13.3. The van der Waals surface area contributed by atoms with Gasteiger partial charge in [0.2, 0.25) is 0 Å². The Hall–Kier alpha value is -4.77. The second-order valence-electron chi connectivity index (χ2n) is 11.3. The van der Waals surface area contributed by atoms with Crippen LogP contribution in [0, 0.1) is 5.92 Å². The maximum Gasteiger partial charge on any atom is 0.335 e. The van der Waals surface area contributed by atoms with Crippen LogP contribution in [0.3, 0.4) is 0 Å². The number of amides is 2. The first kappa shape index (κ1) is 33.7. The molecule has 0 aliphatic carbocycles. The summed E-state index contributed by atoms with van der Waals surface area (Å²) in [6.07, 6.45) is 0.468. The van der Waals surface area contributed by atoms with Gasteiger partial charge in [-0.25, -0.2) is 4.79 Å². The standard InChI is InChI=1S/C33H42N4O7/c1-20(2)19-43-28-16-22(8-11-25(28)34)31(38)35-26-12-9-23(17-29(26)42-15-7-14-37(5)6)32(39)36-27-13-10-24(33(40)41)18-30(27)44-21(3)4/h8-13,16-18,20-21H,7,14-15,19,34H2,1-6H3,(H,35,38)(H,36,39)(H,40,41). The molecule has 11 nitrogen and oxygen atoms in total. The van der Waals surface area contributed by atoms with E-state index in [9.17, 15) is 19.5 Å². The van der Waals surface area contributed by atoms with Crippen LogP contribution >= 0.6 is 0 Å². The van der Waals surface area contributed by atoms with Gasteiger partial charge in [-0.15, -0.1) is 0 Å². The lowest BCUT2D eigenvalue weighted by Gasteiger charge is -2.17. The van der Waals surface area contributed by atoms with E-state index >= 15 is 0 Å². The number of rotatable bonds is 15. The molecule has 0 saturated carbocycles. The largest absolute Gasteiger partial charge is 0.491 e. The van der Waals surface area contributed by atoms with Crippen molar-refractivity contribution in [2.45, 2.75) is 40.2 Å². The second-order valence-corrected chi connectivity index (χ2v) is 11.3. The number of anilines is 3. The van der Waals surface area contributed by atoms with E-state index in [1.165, 1.54) is 18.2 Å². The molecule has 0 aliphatic rings. The summed E-state index contributed by atoms with van der Waals surface area (Å²) in [7, 11) is 3.92. The van der Waals surface area contributed by atoms with Gasteiger partial charge in [-0.1, -0.05) is 13.8 Å². The highest BCUT2D eigenvalue weighted by Gasteiger charge is 2.18. The summed E-state index contributed by atoms with van der Waals surface area (Å²) in [5.41, 5.74) is 7.82. The summed E-state index contributed by atoms with van der Waals surface area (Å²) < 4.78 is 17.6. The maximum atomic E-state index is 13.3. The Labute approximate surface area is 258 Å². The number of carboxylic acid groups (broad SMARTS) is 1. The van der Waals surface area contributed by atoms with Gasteiger partial charge in [-0.2, -0.15) is 0 Å². The van der Waals surface area contributed by atoms with Crippen LogP contribution in [0.4, 0.5) is 17.1 Å². The average Bonchev–Trinajstić information content (AvgIpc) is 2.95. The SMILES string of the molecule is CC(C)COc1cc(C(=O)Nc2ccc(C(=O)Nc3ccc(C(=O)O)cc3OC(C)C)cc2OCCCN(C)C)ccc1N. The molecule has 3 aromatic rings. The summed E-state index contributed by atoms with van der Waals surface area (Å²) >= 11 is 0. The summed E-state index contributed by atoms with van der Waals surface area (Å²) in [6.45, 7) is 9.24. The van der Waals surface area contributed by atoms with Gasteiger partial charge in [0, 0.05) is 17.7 Å². The molecule has 3 aromatic carbocycles. The zero-order valence-corrected chi connectivity index (χ0v) is 26.1. The van der Waals surface area contributed by atoms with Crippen LogP contribution in [0.15, 0.2) is 54.6 Å². The zero-order chi connectivity index (χ0) is 32.4. The van der Waals surface area contributed by atoms with Gasteiger partial charge >= 0.3 is 5.97 Å². The fourth-order valence-corrected chi connectivity index (χ4v) is 4.01. The molecule has 3 rings (SSSR count). The number of carbonyl (C=O) groups is 3. The summed E-state index contributed by atoms with van der Waals surface area (Å²) in [5.74, 6) is -0.715. The van der Waals surface area contributed by atoms with E-state index < -0.39 is 17.8 Å². The van der Waals surface area contributed by atoms with E-state index in [4.69, 9.17) is 19.9 Å². The Morgan fingerprint density at radius 2 is 1.34 bits per heavy atom. The lowest BCUT2D eigenvalue weighted by atomic mass is 10.1. The highest BCUT2D eigenvalue weighted by Crippen LogP contribution is 2.31. The molecule has 0 aromatic heterocycles. The highest BCUT2D eigenvalue weighted by molar-refractivity contribution is 6.08. The van der Waals surface area contributed by atoms with Crippen molar-refractivity contribution in [3.63, 3.8) is 0 Å². The third-order valence-corrected chi connectivity index (χ3v) is 6.19. The fraction of sp³-hybridized carbons (Fsp3) is 0.364. The van der Waals surface area contributed by atoms with Crippen molar-refractivity contribution >= 4 is 34.8 Å². The minimum atomic E-state index is -1.11. The molecule has 0 bridgehead atoms. The van der Waals surface area contributed by atoms with E-state index in [1.807, 2.05) is 32.8 Å². The molecule has 0 spiro atoms. The molecule has 5 N–H and O–H groups in total. The minimum Gasteiger partial charge on any atom is -0.491 e. The molecule has 236 valence electrons. The Bertz CT molecular complexity index is 1470. The Kier molecular flexibility index (Phi) is 12.0. The van der Waals surface area contributed by atoms with Crippen LogP contribution in [0.25, 0.3) is 0 Å². The van der Waals surface area contributed by atoms with Gasteiger partial charge in [0.1, 0.15) is 17.2 Å². The number of hydrogen-bond acceptors (Lipinski definition) is 8. The monoisotopic (exact) mass is 606 g/mol. The van der Waals surface area contributed by atoms with Gasteiger partial charge in [0.05, 0.1) is 41.9 Å². The van der Waals surface area contributed by atoms with Crippen molar-refractivity contribution in [1.29, 1.82) is 0 Å². The summed E-state index contributed by atoms with van der Waals surface area (Å²) in [4.78, 5) is 40.1. The lowest BCUT2D eigenvalue weighted by Crippen LogP contribution is -2.18. The highest BCUT2D eigenvalue weighted by atomic mass is 16.5. The number of carboxylic acids is 1. The number of nitrogens with one attached hydrogen (secondary N) is 2. The number of carbonyl (C=O) groups excluding carboxylic acids is 2. The summed E-state index contributed by atoms with van der Waals surface area (Å²) in [6, 6.07) is 13.8. The average molecular weight is 607 g/mol. The molecular weight excluding hydrogens is 564 g/mol. The fourth-order valence-electron chi connectivity index (χ4n) is 4.01. The quantitative estimate of drug-likeness (QED) is 0.127. The zero-order valence-electron chi connectivity index (χ0n) is 26.1. The Balaban J connectivity index is 1.87. The van der Waals surface area contributed by atoms with E-state index in [2.05, 4.69) is 10.6 Å². The number of benzene rings is 3. The van der Waals surface area contributed by atoms with Crippen molar-refractivity contribution in [1.82, 2.24) is 4.90 Å². The predicted molar refractivity (Wildman–Crippen MR) is 171 cm³/mol. The molecule has 0 radical (unpaired) electrons. The first-order chi connectivity index (χ1) is 20.8. The van der Waals surface area contributed by atoms with E-state index in [0.29, 0.717) is 47.3 Å². The van der Waals surface area contributed by atoms with Gasteiger partial charge in [-0.3, -0.25) is 9.59 Å². The van der Waals surface area contributed by atoms with Crippen LogP contribution in [-0.2, 0) is 0 Å². The third-order valence-electron chi connectivity index (χ3n) is 6.19.